The summed E-state index contributed by atoms with van der Waals surface area (Å²) in [6.45, 7) is 7.66. The summed E-state index contributed by atoms with van der Waals surface area (Å²) in [5.74, 6) is 0.841. The SMILES string of the molecule is CC(C)(C)CCCNc1ccc(C#N)cn1. The van der Waals surface area contributed by atoms with E-state index in [9.17, 15) is 0 Å². The van der Waals surface area contributed by atoms with Crippen LogP contribution < -0.4 is 5.32 Å². The predicted octanol–water partition coefficient (Wildman–Crippen LogP) is 3.19. The van der Waals surface area contributed by atoms with Gasteiger partial charge in [0.15, 0.2) is 0 Å². The zero-order chi connectivity index (χ0) is 12.0. The quantitative estimate of drug-likeness (QED) is 0.788. The maximum atomic E-state index is 8.62. The molecule has 0 aromatic carbocycles. The summed E-state index contributed by atoms with van der Waals surface area (Å²) in [4.78, 5) is 4.15. The van der Waals surface area contributed by atoms with Crippen molar-refractivity contribution in [1.29, 1.82) is 5.26 Å². The van der Waals surface area contributed by atoms with E-state index >= 15 is 0 Å². The van der Waals surface area contributed by atoms with Crippen molar-refractivity contribution in [3.8, 4) is 6.07 Å². The molecule has 0 radical (unpaired) electrons. The highest BCUT2D eigenvalue weighted by molar-refractivity contribution is 5.38. The molecule has 1 N–H and O–H groups in total. The molecule has 0 bridgehead atoms. The van der Waals surface area contributed by atoms with Crippen LogP contribution >= 0.6 is 0 Å². The summed E-state index contributed by atoms with van der Waals surface area (Å²) in [5, 5.41) is 11.9. The number of nitrogens with zero attached hydrogens (tertiary/aromatic N) is 2. The van der Waals surface area contributed by atoms with E-state index in [1.54, 1.807) is 12.3 Å². The van der Waals surface area contributed by atoms with Crippen molar-refractivity contribution in [3.63, 3.8) is 0 Å². The van der Waals surface area contributed by atoms with E-state index in [-0.39, 0.29) is 0 Å². The minimum absolute atomic E-state index is 0.389. The lowest BCUT2D eigenvalue weighted by atomic mass is 9.91. The van der Waals surface area contributed by atoms with E-state index in [0.29, 0.717) is 11.0 Å². The van der Waals surface area contributed by atoms with Gasteiger partial charge in [-0.2, -0.15) is 5.26 Å². The summed E-state index contributed by atoms with van der Waals surface area (Å²) in [7, 11) is 0. The molecule has 86 valence electrons. The lowest BCUT2D eigenvalue weighted by Crippen LogP contribution is -2.09. The zero-order valence-corrected chi connectivity index (χ0v) is 10.2. The summed E-state index contributed by atoms with van der Waals surface area (Å²) in [5.41, 5.74) is 0.986. The van der Waals surface area contributed by atoms with Crippen LogP contribution in [0.1, 0.15) is 39.2 Å². The maximum Gasteiger partial charge on any atom is 0.125 e. The van der Waals surface area contributed by atoms with Gasteiger partial charge in [-0.15, -0.1) is 0 Å². The average Bonchev–Trinajstić information content (AvgIpc) is 2.24. The molecule has 1 heterocycles. The second kappa shape index (κ2) is 5.50. The van der Waals surface area contributed by atoms with Crippen molar-refractivity contribution in [2.24, 2.45) is 5.41 Å². The lowest BCUT2D eigenvalue weighted by Gasteiger charge is -2.17. The van der Waals surface area contributed by atoms with Gasteiger partial charge < -0.3 is 5.32 Å². The molecule has 0 aliphatic heterocycles. The van der Waals surface area contributed by atoms with Crippen LogP contribution in [0.25, 0.3) is 0 Å². The van der Waals surface area contributed by atoms with Gasteiger partial charge >= 0.3 is 0 Å². The average molecular weight is 217 g/mol. The number of pyridine rings is 1. The highest BCUT2D eigenvalue weighted by Gasteiger charge is 2.08. The molecule has 0 spiro atoms. The smallest absolute Gasteiger partial charge is 0.125 e. The van der Waals surface area contributed by atoms with Gasteiger partial charge in [0.2, 0.25) is 0 Å². The number of nitrogens with one attached hydrogen (secondary N) is 1. The van der Waals surface area contributed by atoms with E-state index in [1.807, 2.05) is 6.07 Å². The van der Waals surface area contributed by atoms with Crippen molar-refractivity contribution in [2.45, 2.75) is 33.6 Å². The van der Waals surface area contributed by atoms with Crippen LogP contribution in [-0.4, -0.2) is 11.5 Å². The molecule has 0 aliphatic carbocycles. The van der Waals surface area contributed by atoms with Crippen molar-refractivity contribution < 1.29 is 0 Å². The molecule has 1 aromatic rings. The molecule has 1 aromatic heterocycles. The van der Waals surface area contributed by atoms with Crippen molar-refractivity contribution in [2.75, 3.05) is 11.9 Å². The Morgan fingerprint density at radius 3 is 2.62 bits per heavy atom. The minimum atomic E-state index is 0.389. The highest BCUT2D eigenvalue weighted by atomic mass is 15.0. The van der Waals surface area contributed by atoms with Gasteiger partial charge in [-0.3, -0.25) is 0 Å². The standard InChI is InChI=1S/C13H19N3/c1-13(2,3)7-4-8-15-12-6-5-11(9-14)10-16-12/h5-6,10H,4,7-8H2,1-3H3,(H,15,16). The zero-order valence-electron chi connectivity index (χ0n) is 10.2. The summed E-state index contributed by atoms with van der Waals surface area (Å²) in [6, 6.07) is 5.67. The monoisotopic (exact) mass is 217 g/mol. The van der Waals surface area contributed by atoms with Crippen molar-refractivity contribution >= 4 is 5.82 Å². The van der Waals surface area contributed by atoms with E-state index < -0.39 is 0 Å². The first kappa shape index (κ1) is 12.5. The molecule has 0 fully saturated rings. The Labute approximate surface area is 97.5 Å². The van der Waals surface area contributed by atoms with Gasteiger partial charge in [0.25, 0.3) is 0 Å². The minimum Gasteiger partial charge on any atom is -0.370 e. The largest absolute Gasteiger partial charge is 0.370 e. The van der Waals surface area contributed by atoms with Gasteiger partial charge in [-0.05, 0) is 30.4 Å². The molecule has 0 amide bonds. The fraction of sp³-hybridized carbons (Fsp3) is 0.538. The summed E-state index contributed by atoms with van der Waals surface area (Å²) >= 11 is 0. The first-order valence-corrected chi connectivity index (χ1v) is 5.61. The van der Waals surface area contributed by atoms with Crippen LogP contribution in [0.3, 0.4) is 0 Å². The Bertz CT molecular complexity index is 354. The second-order valence-corrected chi connectivity index (χ2v) is 5.13. The van der Waals surface area contributed by atoms with Crippen LogP contribution in [-0.2, 0) is 0 Å². The van der Waals surface area contributed by atoms with Crippen LogP contribution in [0.15, 0.2) is 18.3 Å². The highest BCUT2D eigenvalue weighted by Crippen LogP contribution is 2.20. The van der Waals surface area contributed by atoms with E-state index in [1.165, 1.54) is 6.42 Å². The Morgan fingerprint density at radius 2 is 2.12 bits per heavy atom. The molecule has 3 nitrogen and oxygen atoms in total. The second-order valence-electron chi connectivity index (χ2n) is 5.13. The van der Waals surface area contributed by atoms with E-state index in [2.05, 4.69) is 37.1 Å². The third-order valence-corrected chi connectivity index (χ3v) is 2.30. The van der Waals surface area contributed by atoms with Gasteiger partial charge in [0.1, 0.15) is 11.9 Å². The summed E-state index contributed by atoms with van der Waals surface area (Å²) in [6.07, 6.45) is 3.91. The first-order chi connectivity index (χ1) is 7.51. The molecule has 3 heteroatoms. The molecular formula is C13H19N3. The molecule has 1 rings (SSSR count). The van der Waals surface area contributed by atoms with Crippen LogP contribution in [0.5, 0.6) is 0 Å². The molecule has 16 heavy (non-hydrogen) atoms. The Kier molecular flexibility index (Phi) is 4.30. The molecule has 0 saturated carbocycles. The van der Waals surface area contributed by atoms with Gasteiger partial charge in [-0.25, -0.2) is 4.98 Å². The Balaban J connectivity index is 2.30. The Morgan fingerprint density at radius 1 is 1.38 bits per heavy atom. The van der Waals surface area contributed by atoms with Crippen LogP contribution in [0.4, 0.5) is 5.82 Å². The van der Waals surface area contributed by atoms with Crippen LogP contribution in [0.2, 0.25) is 0 Å². The number of hydrogen-bond acceptors (Lipinski definition) is 3. The van der Waals surface area contributed by atoms with Gasteiger partial charge in [0, 0.05) is 12.7 Å². The van der Waals surface area contributed by atoms with Crippen LogP contribution in [0, 0.1) is 16.7 Å². The third kappa shape index (κ3) is 4.79. The normalized spacial score (nSPS) is 10.9. The fourth-order valence-electron chi connectivity index (χ4n) is 1.40. The maximum absolute atomic E-state index is 8.62. The number of nitriles is 1. The van der Waals surface area contributed by atoms with Crippen molar-refractivity contribution in [3.05, 3.63) is 23.9 Å². The predicted molar refractivity (Wildman–Crippen MR) is 66.1 cm³/mol. The molecule has 0 unspecified atom stereocenters. The first-order valence-electron chi connectivity index (χ1n) is 5.61. The van der Waals surface area contributed by atoms with E-state index in [4.69, 9.17) is 5.26 Å². The van der Waals surface area contributed by atoms with Gasteiger partial charge in [0.05, 0.1) is 5.56 Å². The third-order valence-electron chi connectivity index (χ3n) is 2.30. The fourth-order valence-corrected chi connectivity index (χ4v) is 1.40. The molecule has 0 atom stereocenters. The Hall–Kier alpha value is -1.56. The lowest BCUT2D eigenvalue weighted by molar-refractivity contribution is 0.370. The number of aromatic nitrogens is 1. The van der Waals surface area contributed by atoms with Gasteiger partial charge in [-0.1, -0.05) is 20.8 Å². The summed E-state index contributed by atoms with van der Waals surface area (Å²) < 4.78 is 0. The molecule has 0 aliphatic rings. The van der Waals surface area contributed by atoms with Crippen molar-refractivity contribution in [1.82, 2.24) is 4.98 Å². The molecular weight excluding hydrogens is 198 g/mol. The number of rotatable bonds is 4. The van der Waals surface area contributed by atoms with E-state index in [0.717, 1.165) is 18.8 Å². The topological polar surface area (TPSA) is 48.7 Å². The number of hydrogen-bond donors (Lipinski definition) is 1. The molecule has 0 saturated heterocycles. The number of anilines is 1.